The number of rotatable bonds is 7. The fraction of sp³-hybridized carbons (Fsp3) is 0.581. The van der Waals surface area contributed by atoms with Gasteiger partial charge >= 0.3 is 0 Å². The molecule has 0 spiro atoms. The first-order valence-corrected chi connectivity index (χ1v) is 14.1. The predicted molar refractivity (Wildman–Crippen MR) is 144 cm³/mol. The third-order valence-electron chi connectivity index (χ3n) is 8.35. The molecule has 3 aliphatic heterocycles. The molecule has 4 atom stereocenters. The second-order valence-electron chi connectivity index (χ2n) is 11.1. The minimum Gasteiger partial charge on any atom is -0.389 e. The Morgan fingerprint density at radius 2 is 1.59 bits per heavy atom. The molecule has 2 aromatic rings. The zero-order valence-corrected chi connectivity index (χ0v) is 21.9. The lowest BCUT2D eigenvalue weighted by molar-refractivity contribution is -0.160. The number of hydrogen-bond acceptors (Lipinski definition) is 5. The second kappa shape index (κ2) is 13.0. The Balaban J connectivity index is 1.11. The van der Waals surface area contributed by atoms with Crippen molar-refractivity contribution >= 4 is 5.91 Å². The number of likely N-dealkylation sites (tertiary alicyclic amines) is 1. The van der Waals surface area contributed by atoms with E-state index < -0.39 is 6.10 Å². The molecule has 0 unspecified atom stereocenters. The van der Waals surface area contributed by atoms with Crippen molar-refractivity contribution in [1.82, 2.24) is 9.80 Å². The summed E-state index contributed by atoms with van der Waals surface area (Å²) in [6, 6.07) is 21.4. The number of piperidine rings is 1. The lowest BCUT2D eigenvalue weighted by atomic mass is 9.89. The van der Waals surface area contributed by atoms with Gasteiger partial charge in [-0.2, -0.15) is 0 Å². The Hall–Kier alpha value is -2.25. The minimum atomic E-state index is -0.485. The molecule has 3 aliphatic rings. The molecule has 1 N–H and O–H groups in total. The maximum absolute atomic E-state index is 13.2. The van der Waals surface area contributed by atoms with Gasteiger partial charge < -0.3 is 19.5 Å². The van der Waals surface area contributed by atoms with E-state index in [0.717, 1.165) is 58.2 Å². The van der Waals surface area contributed by atoms with Gasteiger partial charge in [0.1, 0.15) is 0 Å². The van der Waals surface area contributed by atoms with Crippen LogP contribution >= 0.6 is 0 Å². The van der Waals surface area contributed by atoms with Crippen LogP contribution in [-0.2, 0) is 27.1 Å². The minimum absolute atomic E-state index is 0.0558. The van der Waals surface area contributed by atoms with E-state index in [1.54, 1.807) is 0 Å². The average molecular weight is 507 g/mol. The standard InChI is InChI=1S/C31H42N2O4/c34-27-21-33(18-13-24-7-3-1-4-8-24)29-12-11-28(37-30(29)23-36-22-27)20-31(35)32-16-14-26(15-17-32)19-25-9-5-2-6-10-25/h1-10,26-30,34H,11-23H2/t27-,28-,29-,30+/m0/s1. The number of hydrogen-bond donors (Lipinski definition) is 1. The van der Waals surface area contributed by atoms with Gasteiger partial charge in [0.2, 0.25) is 5.91 Å². The van der Waals surface area contributed by atoms with Crippen LogP contribution in [-0.4, -0.2) is 84.6 Å². The first-order valence-electron chi connectivity index (χ1n) is 14.1. The summed E-state index contributed by atoms with van der Waals surface area (Å²) in [4.78, 5) is 17.6. The molecule has 3 saturated heterocycles. The van der Waals surface area contributed by atoms with E-state index in [2.05, 4.69) is 59.5 Å². The van der Waals surface area contributed by atoms with Gasteiger partial charge in [-0.05, 0) is 55.6 Å². The van der Waals surface area contributed by atoms with Crippen LogP contribution in [0.15, 0.2) is 60.7 Å². The number of nitrogens with zero attached hydrogens (tertiary/aromatic N) is 2. The molecule has 3 fully saturated rings. The van der Waals surface area contributed by atoms with Gasteiger partial charge in [0.05, 0.1) is 37.9 Å². The number of aliphatic hydroxyl groups excluding tert-OH is 1. The van der Waals surface area contributed by atoms with Crippen molar-refractivity contribution in [2.75, 3.05) is 39.4 Å². The van der Waals surface area contributed by atoms with Crippen LogP contribution in [0, 0.1) is 5.92 Å². The monoisotopic (exact) mass is 506 g/mol. The lowest BCUT2D eigenvalue weighted by Crippen LogP contribution is -2.56. The number of fused-ring (bicyclic) bond motifs is 1. The third-order valence-corrected chi connectivity index (χ3v) is 8.35. The van der Waals surface area contributed by atoms with E-state index in [1.807, 2.05) is 11.0 Å². The molecule has 0 aliphatic carbocycles. The summed E-state index contributed by atoms with van der Waals surface area (Å²) >= 11 is 0. The SMILES string of the molecule is O=C(C[C@@H]1CC[C@H]2[C@@H](COC[C@@H](O)CN2CCc2ccccc2)O1)N1CCC(Cc2ccccc2)CC1. The molecule has 0 saturated carbocycles. The fourth-order valence-corrected chi connectivity index (χ4v) is 6.28. The molecule has 6 heteroatoms. The zero-order chi connectivity index (χ0) is 25.5. The Kier molecular flexibility index (Phi) is 9.27. The van der Waals surface area contributed by atoms with Gasteiger partial charge in [-0.1, -0.05) is 60.7 Å². The summed E-state index contributed by atoms with van der Waals surface area (Å²) in [5.74, 6) is 0.882. The molecular formula is C31H42N2O4. The maximum Gasteiger partial charge on any atom is 0.225 e. The van der Waals surface area contributed by atoms with Gasteiger partial charge in [-0.25, -0.2) is 0 Å². The summed E-state index contributed by atoms with van der Waals surface area (Å²) in [5.41, 5.74) is 2.70. The maximum atomic E-state index is 13.2. The molecule has 3 heterocycles. The number of β-amino-alcohol motifs (C(OH)–C–C–N with tert-alkyl or cyclic N) is 1. The normalized spacial score (nSPS) is 27.8. The summed E-state index contributed by atoms with van der Waals surface area (Å²) < 4.78 is 12.3. The molecule has 0 aromatic heterocycles. The molecule has 0 radical (unpaired) electrons. The van der Waals surface area contributed by atoms with E-state index in [4.69, 9.17) is 9.47 Å². The van der Waals surface area contributed by atoms with E-state index >= 15 is 0 Å². The highest BCUT2D eigenvalue weighted by molar-refractivity contribution is 5.76. The number of carbonyl (C=O) groups is 1. The number of aliphatic hydroxyl groups is 1. The number of benzene rings is 2. The van der Waals surface area contributed by atoms with Gasteiger partial charge in [0, 0.05) is 32.2 Å². The zero-order valence-electron chi connectivity index (χ0n) is 21.9. The Morgan fingerprint density at radius 1 is 0.892 bits per heavy atom. The van der Waals surface area contributed by atoms with Crippen molar-refractivity contribution in [2.45, 2.75) is 69.3 Å². The molecular weight excluding hydrogens is 464 g/mol. The molecule has 200 valence electrons. The van der Waals surface area contributed by atoms with Gasteiger partial charge in [0.25, 0.3) is 0 Å². The summed E-state index contributed by atoms with van der Waals surface area (Å²) in [6.07, 6.45) is 5.88. The number of ether oxygens (including phenoxy) is 2. The van der Waals surface area contributed by atoms with Crippen molar-refractivity contribution in [2.24, 2.45) is 5.92 Å². The van der Waals surface area contributed by atoms with Gasteiger partial charge in [0.15, 0.2) is 0 Å². The Morgan fingerprint density at radius 3 is 2.32 bits per heavy atom. The average Bonchev–Trinajstić information content (AvgIpc) is 2.92. The number of carbonyl (C=O) groups excluding carboxylic acids is 1. The molecule has 37 heavy (non-hydrogen) atoms. The quantitative estimate of drug-likeness (QED) is 0.620. The van der Waals surface area contributed by atoms with Crippen molar-refractivity contribution in [3.8, 4) is 0 Å². The highest BCUT2D eigenvalue weighted by atomic mass is 16.5. The summed E-state index contributed by atoms with van der Waals surface area (Å²) in [6.45, 7) is 3.98. The second-order valence-corrected chi connectivity index (χ2v) is 11.1. The van der Waals surface area contributed by atoms with Crippen molar-refractivity contribution in [3.63, 3.8) is 0 Å². The van der Waals surface area contributed by atoms with Gasteiger partial charge in [-0.3, -0.25) is 9.69 Å². The van der Waals surface area contributed by atoms with Crippen LogP contribution in [0.25, 0.3) is 0 Å². The highest BCUT2D eigenvalue weighted by Gasteiger charge is 2.38. The highest BCUT2D eigenvalue weighted by Crippen LogP contribution is 2.29. The molecule has 1 amide bonds. The van der Waals surface area contributed by atoms with Crippen LogP contribution < -0.4 is 0 Å². The van der Waals surface area contributed by atoms with E-state index in [-0.39, 0.29) is 24.2 Å². The molecule has 6 nitrogen and oxygen atoms in total. The van der Waals surface area contributed by atoms with E-state index in [9.17, 15) is 9.90 Å². The fourth-order valence-electron chi connectivity index (χ4n) is 6.28. The topological polar surface area (TPSA) is 62.2 Å². The largest absolute Gasteiger partial charge is 0.389 e. The molecule has 5 rings (SSSR count). The van der Waals surface area contributed by atoms with E-state index in [1.165, 1.54) is 11.1 Å². The summed E-state index contributed by atoms with van der Waals surface area (Å²) in [5, 5.41) is 10.4. The first kappa shape index (κ1) is 26.4. The van der Waals surface area contributed by atoms with Crippen LogP contribution in [0.4, 0.5) is 0 Å². The molecule has 2 aromatic carbocycles. The van der Waals surface area contributed by atoms with Crippen LogP contribution in [0.1, 0.15) is 43.2 Å². The predicted octanol–water partition coefficient (Wildman–Crippen LogP) is 3.71. The molecule has 0 bridgehead atoms. The first-order chi connectivity index (χ1) is 18.1. The van der Waals surface area contributed by atoms with Crippen LogP contribution in [0.3, 0.4) is 0 Å². The summed E-state index contributed by atoms with van der Waals surface area (Å²) in [7, 11) is 0. The Bertz CT molecular complexity index is 964. The Labute approximate surface area is 221 Å². The number of amides is 1. The lowest BCUT2D eigenvalue weighted by Gasteiger charge is -2.45. The van der Waals surface area contributed by atoms with Crippen LogP contribution in [0.5, 0.6) is 0 Å². The third kappa shape index (κ3) is 7.41. The van der Waals surface area contributed by atoms with Crippen molar-refractivity contribution < 1.29 is 19.4 Å². The van der Waals surface area contributed by atoms with E-state index in [0.29, 0.717) is 32.1 Å². The van der Waals surface area contributed by atoms with Crippen LogP contribution in [0.2, 0.25) is 0 Å². The van der Waals surface area contributed by atoms with Crippen molar-refractivity contribution in [3.05, 3.63) is 71.8 Å². The smallest absolute Gasteiger partial charge is 0.225 e. The van der Waals surface area contributed by atoms with Crippen molar-refractivity contribution in [1.29, 1.82) is 0 Å². The van der Waals surface area contributed by atoms with Gasteiger partial charge in [-0.15, -0.1) is 0 Å².